The van der Waals surface area contributed by atoms with E-state index in [0.29, 0.717) is 11.5 Å². The van der Waals surface area contributed by atoms with Gasteiger partial charge < -0.3 is 4.74 Å². The molecular formula is C5H5NO. The lowest BCUT2D eigenvalue weighted by atomic mass is 10.4. The molecule has 0 atom stereocenters. The van der Waals surface area contributed by atoms with Crippen molar-refractivity contribution >= 4 is 5.71 Å². The number of ether oxygens (including phenoxy) is 1. The predicted octanol–water partition coefficient (Wildman–Crippen LogP) is 1.06. The number of nitrogens with one attached hydrogen (secondary N) is 1. The van der Waals surface area contributed by atoms with Gasteiger partial charge >= 0.3 is 0 Å². The maximum Gasteiger partial charge on any atom is 0.144 e. The van der Waals surface area contributed by atoms with Crippen molar-refractivity contribution < 1.29 is 4.74 Å². The molecule has 1 aliphatic heterocycles. The first-order valence-electron chi connectivity index (χ1n) is 1.92. The van der Waals surface area contributed by atoms with Crippen LogP contribution in [-0.4, -0.2) is 5.71 Å². The summed E-state index contributed by atoms with van der Waals surface area (Å²) in [6, 6.07) is 0. The minimum Gasteiger partial charge on any atom is -0.463 e. The van der Waals surface area contributed by atoms with Crippen LogP contribution < -0.4 is 0 Å². The summed E-state index contributed by atoms with van der Waals surface area (Å²) in [5, 5.41) is 6.94. The zero-order valence-electron chi connectivity index (χ0n) is 3.77. The minimum atomic E-state index is 0.361. The van der Waals surface area contributed by atoms with Crippen LogP contribution in [0.4, 0.5) is 0 Å². The Morgan fingerprint density at radius 3 is 2.57 bits per heavy atom. The lowest BCUT2D eigenvalue weighted by molar-refractivity contribution is 0.391. The van der Waals surface area contributed by atoms with E-state index in [1.165, 1.54) is 6.26 Å². The molecule has 0 amide bonds. The van der Waals surface area contributed by atoms with Gasteiger partial charge in [0.15, 0.2) is 0 Å². The Kier molecular flexibility index (Phi) is 0.719. The lowest BCUT2D eigenvalue weighted by Gasteiger charge is -1.88. The Balaban J connectivity index is 2.81. The van der Waals surface area contributed by atoms with Crippen molar-refractivity contribution in [3.63, 3.8) is 0 Å². The molecule has 7 heavy (non-hydrogen) atoms. The third kappa shape index (κ3) is 0.538. The maximum atomic E-state index is 6.94. The smallest absolute Gasteiger partial charge is 0.144 e. The largest absolute Gasteiger partial charge is 0.463 e. The molecule has 2 heteroatoms. The Labute approximate surface area is 41.6 Å². The second kappa shape index (κ2) is 1.22. The molecule has 0 unspecified atom stereocenters. The van der Waals surface area contributed by atoms with Crippen LogP contribution in [0.15, 0.2) is 24.7 Å². The highest BCUT2D eigenvalue weighted by Crippen LogP contribution is 2.04. The van der Waals surface area contributed by atoms with E-state index in [1.54, 1.807) is 6.08 Å². The van der Waals surface area contributed by atoms with E-state index in [0.717, 1.165) is 0 Å². The van der Waals surface area contributed by atoms with Crippen molar-refractivity contribution in [3.05, 3.63) is 24.7 Å². The quantitative estimate of drug-likeness (QED) is 0.479. The number of hydrogen-bond donors (Lipinski definition) is 1. The van der Waals surface area contributed by atoms with Gasteiger partial charge in [-0.3, -0.25) is 5.41 Å². The Bertz CT molecular complexity index is 146. The van der Waals surface area contributed by atoms with Gasteiger partial charge in [-0.1, -0.05) is 6.58 Å². The molecule has 0 aromatic rings. The molecule has 1 rings (SSSR count). The van der Waals surface area contributed by atoms with Crippen LogP contribution in [0, 0.1) is 5.41 Å². The minimum absolute atomic E-state index is 0.361. The summed E-state index contributed by atoms with van der Waals surface area (Å²) in [5.41, 5.74) is 0.361. The van der Waals surface area contributed by atoms with Crippen LogP contribution in [0.5, 0.6) is 0 Å². The van der Waals surface area contributed by atoms with Crippen LogP contribution in [0.25, 0.3) is 0 Å². The summed E-state index contributed by atoms with van der Waals surface area (Å²) in [7, 11) is 0. The molecule has 0 spiro atoms. The fourth-order valence-corrected chi connectivity index (χ4v) is 0.341. The molecule has 0 saturated carbocycles. The summed E-state index contributed by atoms with van der Waals surface area (Å²) >= 11 is 0. The number of hydrogen-bond acceptors (Lipinski definition) is 2. The van der Waals surface area contributed by atoms with Crippen molar-refractivity contribution in [1.29, 1.82) is 5.41 Å². The van der Waals surface area contributed by atoms with E-state index in [9.17, 15) is 0 Å². The molecule has 36 valence electrons. The zero-order valence-corrected chi connectivity index (χ0v) is 3.77. The molecule has 1 N–H and O–H groups in total. The van der Waals surface area contributed by atoms with E-state index in [4.69, 9.17) is 5.41 Å². The van der Waals surface area contributed by atoms with Crippen LogP contribution in [-0.2, 0) is 4.74 Å². The van der Waals surface area contributed by atoms with Gasteiger partial charge in [0.1, 0.15) is 5.76 Å². The molecule has 0 aliphatic carbocycles. The number of rotatable bonds is 0. The summed E-state index contributed by atoms with van der Waals surface area (Å²) < 4.78 is 4.67. The van der Waals surface area contributed by atoms with Gasteiger partial charge in [-0.25, -0.2) is 0 Å². The van der Waals surface area contributed by atoms with Crippen LogP contribution in [0.2, 0.25) is 0 Å². The summed E-state index contributed by atoms with van der Waals surface area (Å²) in [6.45, 7) is 3.43. The molecule has 0 aromatic heterocycles. The van der Waals surface area contributed by atoms with Gasteiger partial charge in [0, 0.05) is 6.08 Å². The average molecular weight is 95.1 g/mol. The molecule has 1 aliphatic rings. The van der Waals surface area contributed by atoms with Gasteiger partial charge in [0.2, 0.25) is 0 Å². The van der Waals surface area contributed by atoms with Crippen LogP contribution in [0.1, 0.15) is 0 Å². The van der Waals surface area contributed by atoms with Crippen LogP contribution in [0.3, 0.4) is 0 Å². The summed E-state index contributed by atoms with van der Waals surface area (Å²) in [6.07, 6.45) is 3.01. The van der Waals surface area contributed by atoms with Gasteiger partial charge in [-0.05, 0) is 0 Å². The second-order valence-electron chi connectivity index (χ2n) is 1.26. The SMILES string of the molecule is C=C1OC=CC1=N. The van der Waals surface area contributed by atoms with Gasteiger partial charge in [-0.15, -0.1) is 0 Å². The highest BCUT2D eigenvalue weighted by Gasteiger charge is 2.02. The fraction of sp³-hybridized carbons (Fsp3) is 0. The van der Waals surface area contributed by atoms with E-state index in [2.05, 4.69) is 11.3 Å². The Hall–Kier alpha value is -1.05. The maximum absolute atomic E-state index is 6.94. The molecule has 0 aromatic carbocycles. The molecule has 0 radical (unpaired) electrons. The highest BCUT2D eigenvalue weighted by molar-refractivity contribution is 6.05. The van der Waals surface area contributed by atoms with Gasteiger partial charge in [0.25, 0.3) is 0 Å². The van der Waals surface area contributed by atoms with Gasteiger partial charge in [-0.2, -0.15) is 0 Å². The predicted molar refractivity (Wildman–Crippen MR) is 27.1 cm³/mol. The third-order valence-corrected chi connectivity index (χ3v) is 0.745. The van der Waals surface area contributed by atoms with Crippen molar-refractivity contribution in [2.75, 3.05) is 0 Å². The molecule has 0 bridgehead atoms. The zero-order chi connectivity index (χ0) is 5.28. The van der Waals surface area contributed by atoms with Crippen LogP contribution >= 0.6 is 0 Å². The average Bonchev–Trinajstić information content (AvgIpc) is 1.91. The Morgan fingerprint density at radius 2 is 2.43 bits per heavy atom. The number of allylic oxidation sites excluding steroid dienone is 1. The molecular weight excluding hydrogens is 90.1 g/mol. The normalized spacial score (nSPS) is 17.7. The van der Waals surface area contributed by atoms with Crippen molar-refractivity contribution in [2.45, 2.75) is 0 Å². The monoisotopic (exact) mass is 95.0 g/mol. The molecule has 2 nitrogen and oxygen atoms in total. The van der Waals surface area contributed by atoms with Crippen molar-refractivity contribution in [2.24, 2.45) is 0 Å². The third-order valence-electron chi connectivity index (χ3n) is 0.745. The van der Waals surface area contributed by atoms with E-state index < -0.39 is 0 Å². The first kappa shape index (κ1) is 4.12. The molecule has 0 fully saturated rings. The molecule has 1 heterocycles. The lowest BCUT2D eigenvalue weighted by Crippen LogP contribution is -1.86. The second-order valence-corrected chi connectivity index (χ2v) is 1.26. The topological polar surface area (TPSA) is 33.1 Å². The summed E-state index contributed by atoms with van der Waals surface area (Å²) in [5.74, 6) is 0.431. The Morgan fingerprint density at radius 1 is 1.71 bits per heavy atom. The first-order chi connectivity index (χ1) is 3.30. The highest BCUT2D eigenvalue weighted by atomic mass is 16.5. The standard InChI is InChI=1S/C5H5NO/c1-4-5(6)2-3-7-4/h2-3,6H,1H2. The first-order valence-corrected chi connectivity index (χ1v) is 1.92. The van der Waals surface area contributed by atoms with E-state index in [1.807, 2.05) is 0 Å². The van der Waals surface area contributed by atoms with E-state index in [-0.39, 0.29) is 0 Å². The van der Waals surface area contributed by atoms with Crippen molar-refractivity contribution in [3.8, 4) is 0 Å². The molecule has 0 saturated heterocycles. The summed E-state index contributed by atoms with van der Waals surface area (Å²) in [4.78, 5) is 0. The van der Waals surface area contributed by atoms with Crippen molar-refractivity contribution in [1.82, 2.24) is 0 Å². The fourth-order valence-electron chi connectivity index (χ4n) is 0.341. The van der Waals surface area contributed by atoms with E-state index >= 15 is 0 Å². The van der Waals surface area contributed by atoms with Gasteiger partial charge in [0.05, 0.1) is 12.0 Å².